The Kier molecular flexibility index (Phi) is 5.15. The molecule has 4 heteroatoms. The lowest BCUT2D eigenvalue weighted by atomic mass is 10.1. The van der Waals surface area contributed by atoms with Gasteiger partial charge in [0.05, 0.1) is 4.47 Å². The summed E-state index contributed by atoms with van der Waals surface area (Å²) >= 11 is 3.18. The van der Waals surface area contributed by atoms with Gasteiger partial charge >= 0.3 is 0 Å². The second-order valence-corrected chi connectivity index (χ2v) is 5.44. The number of halogens is 2. The van der Waals surface area contributed by atoms with Gasteiger partial charge in [-0.15, -0.1) is 0 Å². The van der Waals surface area contributed by atoms with Crippen molar-refractivity contribution in [3.63, 3.8) is 0 Å². The zero-order valence-corrected chi connectivity index (χ0v) is 13.1. The third-order valence-electron chi connectivity index (χ3n) is 3.20. The average Bonchev–Trinajstić information content (AvgIpc) is 2.48. The van der Waals surface area contributed by atoms with Crippen LogP contribution in [0.25, 0.3) is 0 Å². The maximum atomic E-state index is 13.2. The highest BCUT2D eigenvalue weighted by Gasteiger charge is 2.09. The van der Waals surface area contributed by atoms with Crippen molar-refractivity contribution in [2.24, 2.45) is 0 Å². The van der Waals surface area contributed by atoms with E-state index in [2.05, 4.69) is 28.2 Å². The Labute approximate surface area is 127 Å². The van der Waals surface area contributed by atoms with Crippen molar-refractivity contribution in [2.75, 3.05) is 7.05 Å². The molecule has 0 saturated heterocycles. The lowest BCUT2D eigenvalue weighted by molar-refractivity contribution is 0.300. The first kappa shape index (κ1) is 15.0. The van der Waals surface area contributed by atoms with Crippen LogP contribution in [0.3, 0.4) is 0 Å². The lowest BCUT2D eigenvalue weighted by Crippen LogP contribution is -2.13. The Morgan fingerprint density at radius 3 is 2.70 bits per heavy atom. The minimum atomic E-state index is -0.266. The summed E-state index contributed by atoms with van der Waals surface area (Å²) in [7, 11) is 1.92. The van der Waals surface area contributed by atoms with Crippen LogP contribution in [-0.4, -0.2) is 7.05 Å². The second kappa shape index (κ2) is 6.86. The average molecular weight is 338 g/mol. The zero-order valence-electron chi connectivity index (χ0n) is 11.5. The molecule has 106 valence electrons. The fraction of sp³-hybridized carbons (Fsp3) is 0.250. The molecule has 2 nitrogen and oxygen atoms in total. The van der Waals surface area contributed by atoms with Gasteiger partial charge in [-0.25, -0.2) is 4.39 Å². The van der Waals surface area contributed by atoms with Gasteiger partial charge in [0, 0.05) is 11.6 Å². The summed E-state index contributed by atoms with van der Waals surface area (Å²) in [6, 6.07) is 13.0. The maximum Gasteiger partial charge on any atom is 0.137 e. The molecule has 0 aliphatic carbocycles. The van der Waals surface area contributed by atoms with Crippen LogP contribution in [0.5, 0.6) is 5.75 Å². The van der Waals surface area contributed by atoms with Crippen molar-refractivity contribution >= 4 is 15.9 Å². The Morgan fingerprint density at radius 1 is 1.25 bits per heavy atom. The van der Waals surface area contributed by atoms with Crippen molar-refractivity contribution in [1.29, 1.82) is 0 Å². The van der Waals surface area contributed by atoms with E-state index in [1.54, 1.807) is 12.1 Å². The van der Waals surface area contributed by atoms with E-state index < -0.39 is 0 Å². The Morgan fingerprint density at radius 2 is 2.00 bits per heavy atom. The molecule has 20 heavy (non-hydrogen) atoms. The van der Waals surface area contributed by atoms with Crippen LogP contribution in [-0.2, 0) is 6.61 Å². The number of hydrogen-bond donors (Lipinski definition) is 1. The van der Waals surface area contributed by atoms with E-state index in [-0.39, 0.29) is 11.9 Å². The molecule has 0 spiro atoms. The molecule has 1 unspecified atom stereocenters. The van der Waals surface area contributed by atoms with Gasteiger partial charge in [0.2, 0.25) is 0 Å². The molecule has 1 atom stereocenters. The fourth-order valence-electron chi connectivity index (χ4n) is 1.92. The number of hydrogen-bond acceptors (Lipinski definition) is 2. The minimum absolute atomic E-state index is 0.214. The van der Waals surface area contributed by atoms with E-state index in [0.29, 0.717) is 11.1 Å². The Bertz CT molecular complexity index is 588. The number of benzene rings is 2. The molecule has 0 saturated carbocycles. The van der Waals surface area contributed by atoms with E-state index in [4.69, 9.17) is 4.74 Å². The lowest BCUT2D eigenvalue weighted by Gasteiger charge is -2.16. The third kappa shape index (κ3) is 3.58. The van der Waals surface area contributed by atoms with Gasteiger partial charge < -0.3 is 10.1 Å². The molecule has 0 fully saturated rings. The van der Waals surface area contributed by atoms with Gasteiger partial charge in [-0.2, -0.15) is 0 Å². The van der Waals surface area contributed by atoms with Crippen LogP contribution in [0.1, 0.15) is 24.1 Å². The molecule has 0 aromatic heterocycles. The van der Waals surface area contributed by atoms with Gasteiger partial charge in [0.25, 0.3) is 0 Å². The normalized spacial score (nSPS) is 12.2. The molecular weight excluding hydrogens is 321 g/mol. The minimum Gasteiger partial charge on any atom is -0.489 e. The predicted octanol–water partition coefficient (Wildman–Crippen LogP) is 4.45. The third-order valence-corrected chi connectivity index (χ3v) is 3.80. The largest absolute Gasteiger partial charge is 0.489 e. The van der Waals surface area contributed by atoms with Crippen molar-refractivity contribution in [1.82, 2.24) is 5.32 Å². The summed E-state index contributed by atoms with van der Waals surface area (Å²) in [5, 5.41) is 3.20. The van der Waals surface area contributed by atoms with Crippen LogP contribution in [0.4, 0.5) is 4.39 Å². The molecule has 0 aliphatic heterocycles. The molecule has 2 rings (SSSR count). The second-order valence-electron chi connectivity index (χ2n) is 4.59. The topological polar surface area (TPSA) is 21.3 Å². The van der Waals surface area contributed by atoms with E-state index in [1.165, 1.54) is 6.07 Å². The smallest absolute Gasteiger partial charge is 0.137 e. The van der Waals surface area contributed by atoms with Crippen molar-refractivity contribution < 1.29 is 9.13 Å². The van der Waals surface area contributed by atoms with E-state index in [0.717, 1.165) is 16.9 Å². The summed E-state index contributed by atoms with van der Waals surface area (Å²) in [5.74, 6) is 0.577. The van der Waals surface area contributed by atoms with Crippen molar-refractivity contribution in [2.45, 2.75) is 19.6 Å². The standard InChI is InChI=1S/C16H17BrFNO/c1-11(19-2)13-5-3-4-6-16(13)20-10-12-7-8-15(18)14(17)9-12/h3-9,11,19H,10H2,1-2H3. The number of rotatable bonds is 5. The Hall–Kier alpha value is -1.39. The van der Waals surface area contributed by atoms with Gasteiger partial charge in [-0.1, -0.05) is 24.3 Å². The number of para-hydroxylation sites is 1. The monoisotopic (exact) mass is 337 g/mol. The van der Waals surface area contributed by atoms with Gasteiger partial charge in [-0.3, -0.25) is 0 Å². The van der Waals surface area contributed by atoms with Gasteiger partial charge in [0.1, 0.15) is 18.2 Å². The highest BCUT2D eigenvalue weighted by molar-refractivity contribution is 9.10. The van der Waals surface area contributed by atoms with E-state index >= 15 is 0 Å². The van der Waals surface area contributed by atoms with Crippen LogP contribution in [0.15, 0.2) is 46.9 Å². The van der Waals surface area contributed by atoms with Crippen molar-refractivity contribution in [3.8, 4) is 5.75 Å². The van der Waals surface area contributed by atoms with Crippen LogP contribution < -0.4 is 10.1 Å². The predicted molar refractivity (Wildman–Crippen MR) is 82.3 cm³/mol. The zero-order chi connectivity index (χ0) is 14.5. The molecular formula is C16H17BrFNO. The van der Waals surface area contributed by atoms with Crippen molar-refractivity contribution in [3.05, 3.63) is 63.9 Å². The molecule has 2 aromatic rings. The molecule has 0 amide bonds. The summed E-state index contributed by atoms with van der Waals surface area (Å²) < 4.78 is 19.5. The first-order valence-corrected chi connectivity index (χ1v) is 7.24. The quantitative estimate of drug-likeness (QED) is 0.870. The highest BCUT2D eigenvalue weighted by atomic mass is 79.9. The first-order valence-electron chi connectivity index (χ1n) is 6.44. The number of nitrogens with one attached hydrogen (secondary N) is 1. The van der Waals surface area contributed by atoms with E-state index in [1.807, 2.05) is 31.3 Å². The van der Waals surface area contributed by atoms with Gasteiger partial charge in [0.15, 0.2) is 0 Å². The fourth-order valence-corrected chi connectivity index (χ4v) is 2.34. The summed E-state index contributed by atoms with van der Waals surface area (Å²) in [6.07, 6.45) is 0. The molecule has 0 heterocycles. The first-order chi connectivity index (χ1) is 9.61. The summed E-state index contributed by atoms with van der Waals surface area (Å²) in [4.78, 5) is 0. The van der Waals surface area contributed by atoms with Crippen LogP contribution in [0, 0.1) is 5.82 Å². The van der Waals surface area contributed by atoms with Gasteiger partial charge in [-0.05, 0) is 53.7 Å². The maximum absolute atomic E-state index is 13.2. The Balaban J connectivity index is 2.12. The molecule has 1 N–H and O–H groups in total. The number of ether oxygens (including phenoxy) is 1. The molecule has 2 aromatic carbocycles. The molecule has 0 bridgehead atoms. The molecule has 0 radical (unpaired) electrons. The summed E-state index contributed by atoms with van der Waals surface area (Å²) in [5.41, 5.74) is 2.03. The van der Waals surface area contributed by atoms with E-state index in [9.17, 15) is 4.39 Å². The highest BCUT2D eigenvalue weighted by Crippen LogP contribution is 2.26. The van der Waals surface area contributed by atoms with Crippen LogP contribution in [0.2, 0.25) is 0 Å². The SMILES string of the molecule is CNC(C)c1ccccc1OCc1ccc(F)c(Br)c1. The van der Waals surface area contributed by atoms with Crippen LogP contribution >= 0.6 is 15.9 Å². The molecule has 0 aliphatic rings. The summed E-state index contributed by atoms with van der Waals surface area (Å²) in [6.45, 7) is 2.49.